The zero-order valence-electron chi connectivity index (χ0n) is 13.0. The standard InChI is InChI=1S/C19H15N3OS/c1-12-21-18(11-24-12)15-4-2-3-5-17(15)22-19(23)14-6-7-16-13(10-14)8-9-20-16/h2-11,20H,1H3,(H,22,23). The van der Waals surface area contributed by atoms with Gasteiger partial charge in [0.25, 0.3) is 5.91 Å². The molecule has 0 radical (unpaired) electrons. The number of amides is 1. The van der Waals surface area contributed by atoms with Crippen molar-refractivity contribution in [3.63, 3.8) is 0 Å². The average molecular weight is 333 g/mol. The van der Waals surface area contributed by atoms with Gasteiger partial charge in [0.05, 0.1) is 16.4 Å². The second kappa shape index (κ2) is 5.94. The second-order valence-corrected chi connectivity index (χ2v) is 6.59. The predicted molar refractivity (Wildman–Crippen MR) is 98.5 cm³/mol. The van der Waals surface area contributed by atoms with E-state index in [0.717, 1.165) is 32.9 Å². The summed E-state index contributed by atoms with van der Waals surface area (Å²) in [6, 6.07) is 15.3. The zero-order chi connectivity index (χ0) is 16.5. The van der Waals surface area contributed by atoms with Crippen molar-refractivity contribution in [2.24, 2.45) is 0 Å². The Kier molecular flexibility index (Phi) is 3.63. The number of H-pyrrole nitrogens is 1. The highest BCUT2D eigenvalue weighted by molar-refractivity contribution is 7.09. The van der Waals surface area contributed by atoms with Crippen LogP contribution in [0.5, 0.6) is 0 Å². The Morgan fingerprint density at radius 3 is 2.88 bits per heavy atom. The van der Waals surface area contributed by atoms with Crippen LogP contribution in [0.4, 0.5) is 5.69 Å². The molecule has 0 aliphatic heterocycles. The van der Waals surface area contributed by atoms with Crippen molar-refractivity contribution in [2.75, 3.05) is 5.32 Å². The van der Waals surface area contributed by atoms with E-state index < -0.39 is 0 Å². The summed E-state index contributed by atoms with van der Waals surface area (Å²) in [7, 11) is 0. The van der Waals surface area contributed by atoms with Gasteiger partial charge in [-0.2, -0.15) is 0 Å². The second-order valence-electron chi connectivity index (χ2n) is 5.53. The molecule has 1 amide bonds. The molecular formula is C19H15N3OS. The molecule has 0 fully saturated rings. The molecule has 118 valence electrons. The molecule has 2 aromatic carbocycles. The van der Waals surface area contributed by atoms with Gasteiger partial charge in [-0.25, -0.2) is 4.98 Å². The van der Waals surface area contributed by atoms with Crippen molar-refractivity contribution >= 4 is 33.8 Å². The number of carbonyl (C=O) groups excluding carboxylic acids is 1. The average Bonchev–Trinajstić information content (AvgIpc) is 3.23. The van der Waals surface area contributed by atoms with Crippen molar-refractivity contribution < 1.29 is 4.79 Å². The van der Waals surface area contributed by atoms with E-state index >= 15 is 0 Å². The number of rotatable bonds is 3. The Labute approximate surface area is 143 Å². The van der Waals surface area contributed by atoms with Gasteiger partial charge < -0.3 is 10.3 Å². The van der Waals surface area contributed by atoms with Crippen molar-refractivity contribution in [1.82, 2.24) is 9.97 Å². The molecule has 4 nitrogen and oxygen atoms in total. The SMILES string of the molecule is Cc1nc(-c2ccccc2NC(=O)c2ccc3[nH]ccc3c2)cs1. The van der Waals surface area contributed by atoms with Crippen LogP contribution in [-0.4, -0.2) is 15.9 Å². The smallest absolute Gasteiger partial charge is 0.255 e. The number of aromatic amines is 1. The van der Waals surface area contributed by atoms with Crippen LogP contribution < -0.4 is 5.32 Å². The number of hydrogen-bond donors (Lipinski definition) is 2. The fraction of sp³-hybridized carbons (Fsp3) is 0.0526. The molecule has 0 aliphatic carbocycles. The molecule has 5 heteroatoms. The van der Waals surface area contributed by atoms with Crippen LogP contribution in [0.25, 0.3) is 22.2 Å². The highest BCUT2D eigenvalue weighted by Crippen LogP contribution is 2.29. The Balaban J connectivity index is 1.66. The molecule has 4 aromatic rings. The van der Waals surface area contributed by atoms with E-state index in [1.54, 1.807) is 11.3 Å². The van der Waals surface area contributed by atoms with Gasteiger partial charge in [0.15, 0.2) is 0 Å². The van der Waals surface area contributed by atoms with E-state index in [0.29, 0.717) is 5.56 Å². The highest BCUT2D eigenvalue weighted by atomic mass is 32.1. The lowest BCUT2D eigenvalue weighted by Gasteiger charge is -2.10. The number of aryl methyl sites for hydroxylation is 1. The lowest BCUT2D eigenvalue weighted by molar-refractivity contribution is 0.102. The molecule has 2 N–H and O–H groups in total. The van der Waals surface area contributed by atoms with Crippen LogP contribution in [0.2, 0.25) is 0 Å². The molecule has 2 aromatic heterocycles. The first-order valence-corrected chi connectivity index (χ1v) is 8.49. The minimum Gasteiger partial charge on any atom is -0.361 e. The number of carbonyl (C=O) groups is 1. The maximum atomic E-state index is 12.6. The Hall–Kier alpha value is -2.92. The summed E-state index contributed by atoms with van der Waals surface area (Å²) < 4.78 is 0. The fourth-order valence-electron chi connectivity index (χ4n) is 2.69. The van der Waals surface area contributed by atoms with E-state index in [4.69, 9.17) is 0 Å². The lowest BCUT2D eigenvalue weighted by atomic mass is 10.1. The molecule has 0 aliphatic rings. The normalized spacial score (nSPS) is 10.9. The van der Waals surface area contributed by atoms with E-state index in [2.05, 4.69) is 15.3 Å². The van der Waals surface area contributed by atoms with Gasteiger partial charge in [-0.3, -0.25) is 4.79 Å². The van der Waals surface area contributed by atoms with Gasteiger partial charge in [-0.15, -0.1) is 11.3 Å². The van der Waals surface area contributed by atoms with Gasteiger partial charge in [0.2, 0.25) is 0 Å². The summed E-state index contributed by atoms with van der Waals surface area (Å²) in [4.78, 5) is 20.3. The first-order valence-electron chi connectivity index (χ1n) is 7.61. The van der Waals surface area contributed by atoms with Crippen LogP contribution in [0.3, 0.4) is 0 Å². The maximum absolute atomic E-state index is 12.6. The zero-order valence-corrected chi connectivity index (χ0v) is 13.9. The van der Waals surface area contributed by atoms with Crippen LogP contribution >= 0.6 is 11.3 Å². The molecule has 0 saturated heterocycles. The maximum Gasteiger partial charge on any atom is 0.255 e. The van der Waals surface area contributed by atoms with Gasteiger partial charge in [0.1, 0.15) is 0 Å². The minimum atomic E-state index is -0.127. The summed E-state index contributed by atoms with van der Waals surface area (Å²) in [6.07, 6.45) is 1.87. The number of nitrogens with zero attached hydrogens (tertiary/aromatic N) is 1. The molecule has 0 atom stereocenters. The predicted octanol–water partition coefficient (Wildman–Crippen LogP) is 4.85. The number of thiazole rings is 1. The van der Waals surface area contributed by atoms with Gasteiger partial charge in [-0.1, -0.05) is 18.2 Å². The summed E-state index contributed by atoms with van der Waals surface area (Å²) in [5.74, 6) is -0.127. The molecule has 4 rings (SSSR count). The molecular weight excluding hydrogens is 318 g/mol. The van der Waals surface area contributed by atoms with Crippen LogP contribution in [0.1, 0.15) is 15.4 Å². The number of hydrogen-bond acceptors (Lipinski definition) is 3. The summed E-state index contributed by atoms with van der Waals surface area (Å²) >= 11 is 1.60. The van der Waals surface area contributed by atoms with Crippen molar-refractivity contribution in [3.05, 3.63) is 70.7 Å². The molecule has 24 heavy (non-hydrogen) atoms. The van der Waals surface area contributed by atoms with Gasteiger partial charge >= 0.3 is 0 Å². The molecule has 0 saturated carbocycles. The molecule has 0 bridgehead atoms. The monoisotopic (exact) mass is 333 g/mol. The number of aromatic nitrogens is 2. The summed E-state index contributed by atoms with van der Waals surface area (Å²) in [5.41, 5.74) is 4.23. The quantitative estimate of drug-likeness (QED) is 0.563. The first kappa shape index (κ1) is 14.7. The van der Waals surface area contributed by atoms with Crippen molar-refractivity contribution in [2.45, 2.75) is 6.92 Å². The van der Waals surface area contributed by atoms with Gasteiger partial charge in [0, 0.05) is 33.6 Å². The van der Waals surface area contributed by atoms with Crippen molar-refractivity contribution in [1.29, 1.82) is 0 Å². The minimum absolute atomic E-state index is 0.127. The third-order valence-corrected chi connectivity index (χ3v) is 4.66. The number of para-hydroxylation sites is 1. The Bertz CT molecular complexity index is 1030. The van der Waals surface area contributed by atoms with E-state index in [-0.39, 0.29) is 5.91 Å². The fourth-order valence-corrected chi connectivity index (χ4v) is 3.30. The Morgan fingerprint density at radius 1 is 1.17 bits per heavy atom. The molecule has 0 spiro atoms. The summed E-state index contributed by atoms with van der Waals surface area (Å²) in [6.45, 7) is 1.97. The van der Waals surface area contributed by atoms with Gasteiger partial charge in [-0.05, 0) is 37.3 Å². The first-order chi connectivity index (χ1) is 11.7. The van der Waals surface area contributed by atoms with E-state index in [9.17, 15) is 4.79 Å². The Morgan fingerprint density at radius 2 is 2.04 bits per heavy atom. The number of fused-ring (bicyclic) bond motifs is 1. The summed E-state index contributed by atoms with van der Waals surface area (Å²) in [5, 5.41) is 7.04. The third kappa shape index (κ3) is 2.70. The largest absolute Gasteiger partial charge is 0.361 e. The highest BCUT2D eigenvalue weighted by Gasteiger charge is 2.12. The van der Waals surface area contributed by atoms with E-state index in [1.165, 1.54) is 0 Å². The topological polar surface area (TPSA) is 57.8 Å². The number of anilines is 1. The van der Waals surface area contributed by atoms with Crippen LogP contribution in [0, 0.1) is 6.92 Å². The van der Waals surface area contributed by atoms with Crippen molar-refractivity contribution in [3.8, 4) is 11.3 Å². The third-order valence-electron chi connectivity index (χ3n) is 3.89. The van der Waals surface area contributed by atoms with E-state index in [1.807, 2.05) is 67.0 Å². The lowest BCUT2D eigenvalue weighted by Crippen LogP contribution is -2.12. The number of benzene rings is 2. The number of nitrogens with one attached hydrogen (secondary N) is 2. The molecule has 0 unspecified atom stereocenters. The van der Waals surface area contributed by atoms with Crippen LogP contribution in [-0.2, 0) is 0 Å². The van der Waals surface area contributed by atoms with Crippen LogP contribution in [0.15, 0.2) is 60.1 Å². The molecule has 2 heterocycles.